The molecular weight excluding hydrogens is 262 g/mol. The molecular formula is C17H19N3O. The van der Waals surface area contributed by atoms with Crippen LogP contribution >= 0.6 is 0 Å². The van der Waals surface area contributed by atoms with Gasteiger partial charge in [-0.25, -0.2) is 4.98 Å². The van der Waals surface area contributed by atoms with Gasteiger partial charge in [-0.1, -0.05) is 30.3 Å². The molecule has 0 atom stereocenters. The topological polar surface area (TPSA) is 45.2 Å². The second kappa shape index (κ2) is 6.70. The van der Waals surface area contributed by atoms with Crippen molar-refractivity contribution in [2.24, 2.45) is 0 Å². The number of aryl methyl sites for hydroxylation is 1. The van der Waals surface area contributed by atoms with Gasteiger partial charge in [-0.3, -0.25) is 4.79 Å². The van der Waals surface area contributed by atoms with Gasteiger partial charge in [0.15, 0.2) is 0 Å². The van der Waals surface area contributed by atoms with Crippen LogP contribution in [0.3, 0.4) is 0 Å². The Bertz CT molecular complexity index is 648. The van der Waals surface area contributed by atoms with Gasteiger partial charge in [0.2, 0.25) is 0 Å². The third kappa shape index (κ3) is 3.92. The van der Waals surface area contributed by atoms with Crippen LogP contribution in [-0.4, -0.2) is 29.9 Å². The number of nitrogens with zero attached hydrogens (tertiary/aromatic N) is 2. The second-order valence-electron chi connectivity index (χ2n) is 4.95. The molecule has 0 unspecified atom stereocenters. The molecule has 21 heavy (non-hydrogen) atoms. The average Bonchev–Trinajstić information content (AvgIpc) is 2.47. The molecule has 0 bridgehead atoms. The first-order valence-corrected chi connectivity index (χ1v) is 6.75. The van der Waals surface area contributed by atoms with Gasteiger partial charge in [-0.2, -0.15) is 0 Å². The summed E-state index contributed by atoms with van der Waals surface area (Å²) in [6.07, 6.45) is 3.53. The first kappa shape index (κ1) is 14.8. The largest absolute Gasteiger partial charge is 0.373 e. The highest BCUT2D eigenvalue weighted by Crippen LogP contribution is 2.14. The van der Waals surface area contributed by atoms with E-state index in [-0.39, 0.29) is 5.91 Å². The number of hydrogen-bond acceptors (Lipinski definition) is 3. The van der Waals surface area contributed by atoms with Gasteiger partial charge < -0.3 is 10.2 Å². The predicted octanol–water partition coefficient (Wildman–Crippen LogP) is 2.93. The number of aromatic nitrogens is 1. The Balaban J connectivity index is 2.27. The highest BCUT2D eigenvalue weighted by Gasteiger charge is 2.13. The third-order valence-corrected chi connectivity index (χ3v) is 3.10. The van der Waals surface area contributed by atoms with Crippen molar-refractivity contribution in [1.29, 1.82) is 0 Å². The maximum absolute atomic E-state index is 12.4. The number of carbonyl (C=O) groups is 1. The summed E-state index contributed by atoms with van der Waals surface area (Å²) in [6.45, 7) is 2.02. The zero-order chi connectivity index (χ0) is 15.2. The monoisotopic (exact) mass is 281 g/mol. The van der Waals surface area contributed by atoms with Crippen LogP contribution in [0.15, 0.2) is 54.4 Å². The summed E-state index contributed by atoms with van der Waals surface area (Å²) >= 11 is 0. The van der Waals surface area contributed by atoms with E-state index < -0.39 is 0 Å². The minimum Gasteiger partial charge on any atom is -0.373 e. The highest BCUT2D eigenvalue weighted by atomic mass is 16.2. The Hall–Kier alpha value is -2.62. The van der Waals surface area contributed by atoms with Crippen molar-refractivity contribution >= 4 is 17.8 Å². The maximum atomic E-state index is 12.4. The molecule has 1 aromatic carbocycles. The van der Waals surface area contributed by atoms with Crippen LogP contribution in [0.1, 0.15) is 11.1 Å². The minimum atomic E-state index is -0.179. The molecule has 0 saturated heterocycles. The van der Waals surface area contributed by atoms with Crippen LogP contribution in [-0.2, 0) is 4.79 Å². The SMILES string of the molecule is Cc1ccccc1/C=C(/C(=O)Nc1ccccn1)N(C)C. The standard InChI is InChI=1S/C17H19N3O/c1-13-8-4-5-9-14(13)12-15(20(2)3)17(21)19-16-10-6-7-11-18-16/h4-12H,1-3H3,(H,18,19,21)/b15-12-. The lowest BCUT2D eigenvalue weighted by Crippen LogP contribution is -2.25. The number of pyridine rings is 1. The fourth-order valence-corrected chi connectivity index (χ4v) is 1.91. The lowest BCUT2D eigenvalue weighted by molar-refractivity contribution is -0.113. The molecule has 0 aliphatic heterocycles. The van der Waals surface area contributed by atoms with Crippen molar-refractivity contribution < 1.29 is 4.79 Å². The van der Waals surface area contributed by atoms with Crippen molar-refractivity contribution in [2.75, 3.05) is 19.4 Å². The van der Waals surface area contributed by atoms with E-state index in [1.165, 1.54) is 0 Å². The molecule has 1 heterocycles. The number of nitrogens with one attached hydrogen (secondary N) is 1. The number of hydrogen-bond donors (Lipinski definition) is 1. The van der Waals surface area contributed by atoms with Gasteiger partial charge in [-0.15, -0.1) is 0 Å². The fraction of sp³-hybridized carbons (Fsp3) is 0.176. The molecule has 0 spiro atoms. The maximum Gasteiger partial charge on any atom is 0.273 e. The summed E-state index contributed by atoms with van der Waals surface area (Å²) in [5, 5.41) is 2.80. The quantitative estimate of drug-likeness (QED) is 0.876. The molecule has 108 valence electrons. The van der Waals surface area contributed by atoms with Gasteiger partial charge in [0, 0.05) is 20.3 Å². The third-order valence-electron chi connectivity index (χ3n) is 3.10. The van der Waals surface area contributed by atoms with E-state index in [0.29, 0.717) is 11.5 Å². The predicted molar refractivity (Wildman–Crippen MR) is 85.7 cm³/mol. The summed E-state index contributed by atoms with van der Waals surface area (Å²) in [5.74, 6) is 0.363. The molecule has 0 aliphatic carbocycles. The number of anilines is 1. The molecule has 1 aromatic heterocycles. The summed E-state index contributed by atoms with van der Waals surface area (Å²) in [6, 6.07) is 13.4. The zero-order valence-corrected chi connectivity index (χ0v) is 12.5. The van der Waals surface area contributed by atoms with Crippen LogP contribution < -0.4 is 5.32 Å². The second-order valence-corrected chi connectivity index (χ2v) is 4.95. The van der Waals surface area contributed by atoms with E-state index in [1.807, 2.05) is 63.5 Å². The minimum absolute atomic E-state index is 0.179. The number of carbonyl (C=O) groups excluding carboxylic acids is 1. The zero-order valence-electron chi connectivity index (χ0n) is 12.5. The Labute approximate surface area is 125 Å². The Morgan fingerprint density at radius 1 is 1.14 bits per heavy atom. The first-order valence-electron chi connectivity index (χ1n) is 6.75. The summed E-state index contributed by atoms with van der Waals surface area (Å²) in [7, 11) is 3.70. The molecule has 1 N–H and O–H groups in total. The van der Waals surface area contributed by atoms with Crippen molar-refractivity contribution in [3.63, 3.8) is 0 Å². The van der Waals surface area contributed by atoms with E-state index in [1.54, 1.807) is 17.2 Å². The molecule has 0 aliphatic rings. The summed E-state index contributed by atoms with van der Waals surface area (Å²) < 4.78 is 0. The normalized spacial score (nSPS) is 11.1. The van der Waals surface area contributed by atoms with Crippen LogP contribution in [0.4, 0.5) is 5.82 Å². The molecule has 0 saturated carbocycles. The number of benzene rings is 1. The van der Waals surface area contributed by atoms with Crippen molar-refractivity contribution in [1.82, 2.24) is 9.88 Å². The van der Waals surface area contributed by atoms with Crippen LogP contribution in [0.5, 0.6) is 0 Å². The number of rotatable bonds is 4. The van der Waals surface area contributed by atoms with Crippen LogP contribution in [0.2, 0.25) is 0 Å². The molecule has 4 heteroatoms. The summed E-state index contributed by atoms with van der Waals surface area (Å²) in [4.78, 5) is 18.3. The van der Waals surface area contributed by atoms with Crippen LogP contribution in [0, 0.1) is 6.92 Å². The van der Waals surface area contributed by atoms with Gasteiger partial charge in [0.05, 0.1) is 0 Å². The van der Waals surface area contributed by atoms with E-state index in [4.69, 9.17) is 0 Å². The van der Waals surface area contributed by atoms with E-state index >= 15 is 0 Å². The summed E-state index contributed by atoms with van der Waals surface area (Å²) in [5.41, 5.74) is 2.73. The fourth-order valence-electron chi connectivity index (χ4n) is 1.91. The van der Waals surface area contributed by atoms with Gasteiger partial charge in [0.1, 0.15) is 11.5 Å². The van der Waals surface area contributed by atoms with Crippen LogP contribution in [0.25, 0.3) is 6.08 Å². The Morgan fingerprint density at radius 2 is 1.86 bits per heavy atom. The van der Waals surface area contributed by atoms with E-state index in [9.17, 15) is 4.79 Å². The highest BCUT2D eigenvalue weighted by molar-refractivity contribution is 6.05. The lowest BCUT2D eigenvalue weighted by atomic mass is 10.1. The van der Waals surface area contributed by atoms with Gasteiger partial charge >= 0.3 is 0 Å². The van der Waals surface area contributed by atoms with Crippen molar-refractivity contribution in [2.45, 2.75) is 6.92 Å². The van der Waals surface area contributed by atoms with Crippen molar-refractivity contribution in [3.8, 4) is 0 Å². The number of amides is 1. The molecule has 1 amide bonds. The molecule has 0 radical (unpaired) electrons. The van der Waals surface area contributed by atoms with E-state index in [2.05, 4.69) is 10.3 Å². The average molecular weight is 281 g/mol. The van der Waals surface area contributed by atoms with Gasteiger partial charge in [-0.05, 0) is 36.3 Å². The smallest absolute Gasteiger partial charge is 0.273 e. The first-order chi connectivity index (χ1) is 10.1. The van der Waals surface area contributed by atoms with E-state index in [0.717, 1.165) is 11.1 Å². The molecule has 0 fully saturated rings. The Kier molecular flexibility index (Phi) is 4.72. The lowest BCUT2D eigenvalue weighted by Gasteiger charge is -2.17. The molecule has 4 nitrogen and oxygen atoms in total. The molecule has 2 aromatic rings. The van der Waals surface area contributed by atoms with Gasteiger partial charge in [0.25, 0.3) is 5.91 Å². The molecule has 2 rings (SSSR count). The number of likely N-dealkylation sites (N-methyl/N-ethyl adjacent to an activating group) is 1. The van der Waals surface area contributed by atoms with Crippen molar-refractivity contribution in [3.05, 3.63) is 65.5 Å². The Morgan fingerprint density at radius 3 is 2.48 bits per heavy atom.